The molecule has 8 nitrogen and oxygen atoms in total. The lowest BCUT2D eigenvalue weighted by Gasteiger charge is -2.25. The number of benzene rings is 1. The summed E-state index contributed by atoms with van der Waals surface area (Å²) in [5, 5.41) is 15.6. The second-order valence-corrected chi connectivity index (χ2v) is 7.31. The van der Waals surface area contributed by atoms with Gasteiger partial charge in [-0.1, -0.05) is 41.9 Å². The van der Waals surface area contributed by atoms with Gasteiger partial charge in [0.2, 0.25) is 5.91 Å². The van der Waals surface area contributed by atoms with Crippen LogP contribution in [0.3, 0.4) is 0 Å². The summed E-state index contributed by atoms with van der Waals surface area (Å²) in [6.07, 6.45) is 0. The summed E-state index contributed by atoms with van der Waals surface area (Å²) in [5.41, 5.74) is 0.532. The molecule has 3 aromatic rings. The van der Waals surface area contributed by atoms with Crippen LogP contribution in [0.15, 0.2) is 42.5 Å². The minimum absolute atomic E-state index is 0.161. The van der Waals surface area contributed by atoms with Crippen molar-refractivity contribution in [3.05, 3.63) is 59.0 Å². The molecule has 0 spiro atoms. The lowest BCUT2D eigenvalue weighted by atomic mass is 10.1. The number of aromatic nitrogens is 4. The van der Waals surface area contributed by atoms with Crippen LogP contribution in [0.2, 0.25) is 5.15 Å². The highest BCUT2D eigenvalue weighted by molar-refractivity contribution is 6.29. The van der Waals surface area contributed by atoms with Crippen LogP contribution >= 0.6 is 23.4 Å². The molecule has 2 aromatic heterocycles. The number of amides is 1. The Morgan fingerprint density at radius 1 is 1.21 bits per heavy atom. The van der Waals surface area contributed by atoms with Crippen molar-refractivity contribution in [3.8, 4) is 0 Å². The van der Waals surface area contributed by atoms with Gasteiger partial charge in [-0.15, -0.1) is 10.2 Å². The number of fused-ring (bicyclic) bond motifs is 1. The molecule has 1 amide bonds. The van der Waals surface area contributed by atoms with E-state index in [0.717, 1.165) is 5.56 Å². The average Bonchev–Trinajstić information content (AvgIpc) is 3.10. The highest BCUT2D eigenvalue weighted by Gasteiger charge is 2.31. The number of nitrogens with one attached hydrogen (secondary N) is 2. The van der Waals surface area contributed by atoms with Gasteiger partial charge in [0.05, 0.1) is 13.2 Å². The van der Waals surface area contributed by atoms with E-state index in [1.165, 1.54) is 4.52 Å². The number of hydrogen-bond donors (Lipinski definition) is 2. The third kappa shape index (κ3) is 4.77. The van der Waals surface area contributed by atoms with Crippen LogP contribution in [0.25, 0.3) is 5.65 Å². The Labute approximate surface area is 172 Å². The zero-order chi connectivity index (χ0) is 20.1. The molecule has 0 aliphatic carbocycles. The summed E-state index contributed by atoms with van der Waals surface area (Å²) in [6, 6.07) is 12.4. The van der Waals surface area contributed by atoms with Gasteiger partial charge in [0.25, 0.3) is 0 Å². The Bertz CT molecular complexity index is 948. The molecular formula is C18H20Cl2N6O2. The molecule has 1 atom stereocenters. The Hall–Kier alpha value is -2.26. The predicted octanol–water partition coefficient (Wildman–Crippen LogP) is 2.67. The Morgan fingerprint density at radius 3 is 2.68 bits per heavy atom. The lowest BCUT2D eigenvalue weighted by molar-refractivity contribution is -0.127. The lowest BCUT2D eigenvalue weighted by Crippen LogP contribution is -2.51. The molecular weight excluding hydrogens is 403 g/mol. The topological polar surface area (TPSA) is 93.4 Å². The standard InChI is InChI=1S/C18H20Cl2N6O2/c1-18(2,25-20)17(27)21-13(11-28-10-12-6-4-3-5-7-12)16-23-22-15-9-8-14(19)24-26(15)16/h3-9,13,25H,10-11H2,1-2H3,(H,21,27). The fourth-order valence-corrected chi connectivity index (χ4v) is 2.66. The van der Waals surface area contributed by atoms with Crippen molar-refractivity contribution in [1.82, 2.24) is 30.0 Å². The van der Waals surface area contributed by atoms with Gasteiger partial charge in [-0.25, -0.2) is 4.84 Å². The van der Waals surface area contributed by atoms with Crippen molar-refractivity contribution < 1.29 is 9.53 Å². The SMILES string of the molecule is CC(C)(NCl)C(=O)NC(COCc1ccccc1)c1nnc2ccc(Cl)nn12. The molecule has 0 saturated heterocycles. The molecule has 28 heavy (non-hydrogen) atoms. The fourth-order valence-electron chi connectivity index (χ4n) is 2.43. The Kier molecular flexibility index (Phi) is 6.46. The number of ether oxygens (including phenoxy) is 1. The molecule has 1 unspecified atom stereocenters. The summed E-state index contributed by atoms with van der Waals surface area (Å²) in [5.74, 6) is 0.0823. The van der Waals surface area contributed by atoms with Crippen LogP contribution < -0.4 is 10.2 Å². The maximum atomic E-state index is 12.6. The monoisotopic (exact) mass is 422 g/mol. The molecule has 148 valence electrons. The van der Waals surface area contributed by atoms with Gasteiger partial charge in [-0.3, -0.25) is 4.79 Å². The number of nitrogens with zero attached hydrogens (tertiary/aromatic N) is 4. The first-order chi connectivity index (χ1) is 13.4. The second kappa shape index (κ2) is 8.83. The summed E-state index contributed by atoms with van der Waals surface area (Å²) in [7, 11) is 0. The van der Waals surface area contributed by atoms with E-state index in [1.54, 1.807) is 26.0 Å². The van der Waals surface area contributed by atoms with E-state index in [2.05, 4.69) is 25.4 Å². The van der Waals surface area contributed by atoms with Crippen LogP contribution in [0.5, 0.6) is 0 Å². The van der Waals surface area contributed by atoms with Gasteiger partial charge in [-0.05, 0) is 43.3 Å². The summed E-state index contributed by atoms with van der Waals surface area (Å²) in [4.78, 5) is 15.1. The van der Waals surface area contributed by atoms with E-state index < -0.39 is 11.6 Å². The van der Waals surface area contributed by atoms with Gasteiger partial charge < -0.3 is 10.1 Å². The molecule has 0 saturated carbocycles. The van der Waals surface area contributed by atoms with Crippen molar-refractivity contribution in [2.24, 2.45) is 0 Å². The number of halogens is 2. The highest BCUT2D eigenvalue weighted by atomic mass is 35.5. The highest BCUT2D eigenvalue weighted by Crippen LogP contribution is 2.17. The zero-order valence-corrected chi connectivity index (χ0v) is 16.9. The van der Waals surface area contributed by atoms with Crippen LogP contribution in [-0.2, 0) is 16.1 Å². The van der Waals surface area contributed by atoms with Gasteiger partial charge in [-0.2, -0.15) is 9.61 Å². The number of hydrogen-bond acceptors (Lipinski definition) is 6. The molecule has 0 aliphatic heterocycles. The second-order valence-electron chi connectivity index (χ2n) is 6.73. The minimum Gasteiger partial charge on any atom is -0.374 e. The van der Waals surface area contributed by atoms with E-state index >= 15 is 0 Å². The molecule has 0 fully saturated rings. The summed E-state index contributed by atoms with van der Waals surface area (Å²) >= 11 is 11.7. The molecule has 0 aliphatic rings. The van der Waals surface area contributed by atoms with Crippen LogP contribution in [0.1, 0.15) is 31.3 Å². The van der Waals surface area contributed by atoms with Crippen molar-refractivity contribution in [2.45, 2.75) is 32.0 Å². The molecule has 0 bridgehead atoms. The largest absolute Gasteiger partial charge is 0.374 e. The minimum atomic E-state index is -0.995. The summed E-state index contributed by atoms with van der Waals surface area (Å²) in [6.45, 7) is 3.87. The third-order valence-electron chi connectivity index (χ3n) is 4.07. The molecule has 10 heteroatoms. The first-order valence-electron chi connectivity index (χ1n) is 8.59. The van der Waals surface area contributed by atoms with Gasteiger partial charge >= 0.3 is 0 Å². The van der Waals surface area contributed by atoms with E-state index in [-0.39, 0.29) is 17.7 Å². The average molecular weight is 423 g/mol. The van der Waals surface area contributed by atoms with Gasteiger partial charge in [0.15, 0.2) is 11.5 Å². The first-order valence-corrected chi connectivity index (χ1v) is 9.34. The van der Waals surface area contributed by atoms with Crippen LogP contribution in [-0.4, -0.2) is 37.9 Å². The normalized spacial score (nSPS) is 12.9. The van der Waals surface area contributed by atoms with Crippen molar-refractivity contribution in [1.29, 1.82) is 0 Å². The zero-order valence-electron chi connectivity index (χ0n) is 15.4. The summed E-state index contributed by atoms with van der Waals surface area (Å²) < 4.78 is 7.31. The maximum Gasteiger partial charge on any atom is 0.241 e. The quantitative estimate of drug-likeness (QED) is 0.542. The Morgan fingerprint density at radius 2 is 1.96 bits per heavy atom. The van der Waals surface area contributed by atoms with Crippen molar-refractivity contribution >= 4 is 34.9 Å². The number of carbonyl (C=O) groups excluding carboxylic acids is 1. The first kappa shape index (κ1) is 20.5. The van der Waals surface area contributed by atoms with E-state index in [9.17, 15) is 4.79 Å². The van der Waals surface area contributed by atoms with Crippen LogP contribution in [0, 0.1) is 0 Å². The molecule has 0 radical (unpaired) electrons. The third-order valence-corrected chi connectivity index (χ3v) is 4.75. The van der Waals surface area contributed by atoms with Crippen molar-refractivity contribution in [3.63, 3.8) is 0 Å². The number of rotatable bonds is 8. The Balaban J connectivity index is 1.83. The van der Waals surface area contributed by atoms with Gasteiger partial charge in [0.1, 0.15) is 16.7 Å². The molecule has 2 heterocycles. The van der Waals surface area contributed by atoms with E-state index in [1.807, 2.05) is 30.3 Å². The van der Waals surface area contributed by atoms with Gasteiger partial charge in [0, 0.05) is 0 Å². The fraction of sp³-hybridized carbons (Fsp3) is 0.333. The predicted molar refractivity (Wildman–Crippen MR) is 106 cm³/mol. The smallest absolute Gasteiger partial charge is 0.241 e. The van der Waals surface area contributed by atoms with E-state index in [0.29, 0.717) is 18.1 Å². The maximum absolute atomic E-state index is 12.6. The molecule has 3 rings (SSSR count). The molecule has 2 N–H and O–H groups in total. The van der Waals surface area contributed by atoms with Crippen LogP contribution in [0.4, 0.5) is 0 Å². The molecule has 1 aromatic carbocycles. The van der Waals surface area contributed by atoms with E-state index in [4.69, 9.17) is 28.1 Å². The number of carbonyl (C=O) groups is 1. The van der Waals surface area contributed by atoms with Crippen molar-refractivity contribution in [2.75, 3.05) is 6.61 Å².